The fourth-order valence-corrected chi connectivity index (χ4v) is 5.23. The summed E-state index contributed by atoms with van der Waals surface area (Å²) in [5.74, 6) is 0.762. The maximum atomic E-state index is 13.4. The number of aromatic nitrogens is 3. The van der Waals surface area contributed by atoms with Crippen LogP contribution in [0.4, 0.5) is 38.0 Å². The number of nitrogens with zero attached hydrogens (tertiary/aromatic N) is 3. The van der Waals surface area contributed by atoms with Crippen molar-refractivity contribution in [3.63, 3.8) is 0 Å². The van der Waals surface area contributed by atoms with Crippen molar-refractivity contribution in [2.75, 3.05) is 5.32 Å². The molecule has 0 radical (unpaired) electrons. The van der Waals surface area contributed by atoms with Crippen molar-refractivity contribution in [3.8, 4) is 11.1 Å². The largest absolute Gasteiger partial charge is 0.416 e. The third kappa shape index (κ3) is 5.74. The average Bonchev–Trinajstić information content (AvgIpc) is 3.27. The van der Waals surface area contributed by atoms with Crippen LogP contribution in [-0.4, -0.2) is 14.6 Å². The number of nitrogens with one attached hydrogen (secondary N) is 1. The van der Waals surface area contributed by atoms with Crippen molar-refractivity contribution in [2.45, 2.75) is 64.2 Å². The van der Waals surface area contributed by atoms with E-state index in [-0.39, 0.29) is 17.9 Å². The van der Waals surface area contributed by atoms with Gasteiger partial charge in [-0.25, -0.2) is 9.50 Å². The first kappa shape index (κ1) is 27.0. The highest BCUT2D eigenvalue weighted by atomic mass is 19.4. The molecule has 0 unspecified atom stereocenters. The van der Waals surface area contributed by atoms with Crippen molar-refractivity contribution in [2.24, 2.45) is 5.92 Å². The Balaban J connectivity index is 1.58. The third-order valence-corrected chi connectivity index (χ3v) is 7.50. The molecule has 206 valence electrons. The van der Waals surface area contributed by atoms with E-state index in [1.165, 1.54) is 5.56 Å². The first-order chi connectivity index (χ1) is 18.4. The van der Waals surface area contributed by atoms with E-state index < -0.39 is 29.2 Å². The van der Waals surface area contributed by atoms with Crippen LogP contribution < -0.4 is 5.32 Å². The van der Waals surface area contributed by atoms with Gasteiger partial charge in [-0.2, -0.15) is 26.3 Å². The maximum Gasteiger partial charge on any atom is 0.416 e. The van der Waals surface area contributed by atoms with Crippen LogP contribution in [0.15, 0.2) is 54.7 Å². The summed E-state index contributed by atoms with van der Waals surface area (Å²) in [5, 5.41) is 7.14. The lowest BCUT2D eigenvalue weighted by Crippen LogP contribution is -2.14. The van der Waals surface area contributed by atoms with E-state index in [4.69, 9.17) is 0 Å². The van der Waals surface area contributed by atoms with E-state index in [1.807, 2.05) is 12.1 Å². The monoisotopic (exact) mass is 546 g/mol. The number of fused-ring (bicyclic) bond motifs is 1. The number of anilines is 2. The molecule has 1 saturated carbocycles. The fourth-order valence-electron chi connectivity index (χ4n) is 5.23. The first-order valence-electron chi connectivity index (χ1n) is 13.0. The molecule has 4 nitrogen and oxygen atoms in total. The maximum absolute atomic E-state index is 13.4. The van der Waals surface area contributed by atoms with Crippen LogP contribution in [0.1, 0.15) is 67.8 Å². The van der Waals surface area contributed by atoms with E-state index in [0.29, 0.717) is 18.1 Å². The number of aryl methyl sites for hydroxylation is 1. The summed E-state index contributed by atoms with van der Waals surface area (Å²) >= 11 is 0. The van der Waals surface area contributed by atoms with Crippen molar-refractivity contribution < 1.29 is 26.3 Å². The zero-order valence-corrected chi connectivity index (χ0v) is 21.5. The summed E-state index contributed by atoms with van der Waals surface area (Å²) in [4.78, 5) is 4.27. The second kappa shape index (κ2) is 10.2. The van der Waals surface area contributed by atoms with Gasteiger partial charge in [0.15, 0.2) is 0 Å². The molecule has 1 N–H and O–H groups in total. The van der Waals surface area contributed by atoms with Gasteiger partial charge in [-0.3, -0.25) is 0 Å². The quantitative estimate of drug-likeness (QED) is 0.254. The number of alkyl halides is 6. The normalized spacial score (nSPS) is 18.5. The molecule has 39 heavy (non-hydrogen) atoms. The third-order valence-electron chi connectivity index (χ3n) is 7.50. The van der Waals surface area contributed by atoms with Crippen LogP contribution in [0.5, 0.6) is 0 Å². The summed E-state index contributed by atoms with van der Waals surface area (Å²) in [6, 6.07) is 11.6. The first-order valence-corrected chi connectivity index (χ1v) is 13.0. The molecule has 0 atom stereocenters. The number of halogens is 6. The Bertz CT molecular complexity index is 1430. The Labute approximate surface area is 222 Å². The highest BCUT2D eigenvalue weighted by Crippen LogP contribution is 2.40. The van der Waals surface area contributed by atoms with Gasteiger partial charge in [0.2, 0.25) is 5.95 Å². The highest BCUT2D eigenvalue weighted by molar-refractivity contribution is 5.81. The van der Waals surface area contributed by atoms with Crippen LogP contribution in [0.2, 0.25) is 0 Å². The lowest BCUT2D eigenvalue weighted by atomic mass is 9.81. The molecule has 4 aromatic rings. The van der Waals surface area contributed by atoms with Crippen LogP contribution in [0.25, 0.3) is 16.6 Å². The van der Waals surface area contributed by atoms with E-state index in [0.717, 1.165) is 54.4 Å². The van der Waals surface area contributed by atoms with Crippen molar-refractivity contribution in [1.29, 1.82) is 0 Å². The molecule has 2 heterocycles. The Morgan fingerprint density at radius 3 is 2.05 bits per heavy atom. The molecule has 0 bridgehead atoms. The molecule has 1 aliphatic rings. The zero-order valence-electron chi connectivity index (χ0n) is 21.5. The molecule has 5 rings (SSSR count). The van der Waals surface area contributed by atoms with Crippen LogP contribution in [-0.2, 0) is 18.8 Å². The van der Waals surface area contributed by atoms with E-state index in [1.54, 1.807) is 10.7 Å². The number of hydrogen-bond acceptors (Lipinski definition) is 3. The molecule has 2 aromatic carbocycles. The minimum Gasteiger partial charge on any atom is -0.323 e. The molecule has 0 aliphatic heterocycles. The molecule has 0 spiro atoms. The standard InChI is InChI=1S/C29H28F6N4/c1-3-18-6-10-19(11-7-18)24-15-25(20-8-4-17(2)5-9-20)39-26(24)16-36-27(38-39)37-23-13-21(28(30,31)32)12-22(14-23)29(33,34)35/h6-7,10-17,20H,3-5,8-9H2,1-2H3,(H,37,38). The van der Waals surface area contributed by atoms with Gasteiger partial charge in [0.05, 0.1) is 22.8 Å². The van der Waals surface area contributed by atoms with Crippen molar-refractivity contribution in [3.05, 3.63) is 77.1 Å². The average molecular weight is 547 g/mol. The Morgan fingerprint density at radius 2 is 1.49 bits per heavy atom. The summed E-state index contributed by atoms with van der Waals surface area (Å²) < 4.78 is 81.8. The van der Waals surface area contributed by atoms with Gasteiger partial charge < -0.3 is 5.32 Å². The summed E-state index contributed by atoms with van der Waals surface area (Å²) in [7, 11) is 0. The van der Waals surface area contributed by atoms with Gasteiger partial charge in [-0.1, -0.05) is 51.0 Å². The Hall–Kier alpha value is -3.56. The summed E-state index contributed by atoms with van der Waals surface area (Å²) in [5.41, 5.74) is 1.58. The SMILES string of the molecule is CCc1ccc(-c2cc(C3CCC(C)CC3)n3nc(Nc4cc(C(F)(F)F)cc(C(F)(F)F)c4)ncc23)cc1. The van der Waals surface area contributed by atoms with Crippen molar-refractivity contribution in [1.82, 2.24) is 14.6 Å². The van der Waals surface area contributed by atoms with E-state index >= 15 is 0 Å². The number of rotatable bonds is 5. The molecule has 0 amide bonds. The molecule has 1 aliphatic carbocycles. The van der Waals surface area contributed by atoms with Crippen LogP contribution in [0, 0.1) is 5.92 Å². The second-order valence-corrected chi connectivity index (χ2v) is 10.3. The topological polar surface area (TPSA) is 42.2 Å². The minimum absolute atomic E-state index is 0.0937. The van der Waals surface area contributed by atoms with Gasteiger partial charge in [0.1, 0.15) is 0 Å². The molecule has 0 saturated heterocycles. The predicted octanol–water partition coefficient (Wildman–Crippen LogP) is 9.03. The lowest BCUT2D eigenvalue weighted by molar-refractivity contribution is -0.143. The minimum atomic E-state index is -4.95. The van der Waals surface area contributed by atoms with Gasteiger partial charge in [0, 0.05) is 22.9 Å². The molecule has 1 fully saturated rings. The van der Waals surface area contributed by atoms with Crippen LogP contribution in [0.3, 0.4) is 0 Å². The Kier molecular flexibility index (Phi) is 7.07. The van der Waals surface area contributed by atoms with E-state index in [2.05, 4.69) is 47.4 Å². The number of hydrogen-bond donors (Lipinski definition) is 1. The molecule has 2 aromatic heterocycles. The Morgan fingerprint density at radius 1 is 0.872 bits per heavy atom. The zero-order chi connectivity index (χ0) is 27.9. The molecular formula is C29H28F6N4. The summed E-state index contributed by atoms with van der Waals surface area (Å²) in [6.07, 6.45) is -3.35. The van der Waals surface area contributed by atoms with Gasteiger partial charge in [-0.05, 0) is 60.6 Å². The second-order valence-electron chi connectivity index (χ2n) is 10.3. The predicted molar refractivity (Wildman–Crippen MR) is 138 cm³/mol. The molecular weight excluding hydrogens is 518 g/mol. The van der Waals surface area contributed by atoms with Crippen LogP contribution >= 0.6 is 0 Å². The van der Waals surface area contributed by atoms with Crippen molar-refractivity contribution >= 4 is 17.2 Å². The van der Waals surface area contributed by atoms with Gasteiger partial charge >= 0.3 is 12.4 Å². The number of benzene rings is 2. The van der Waals surface area contributed by atoms with E-state index in [9.17, 15) is 26.3 Å². The summed E-state index contributed by atoms with van der Waals surface area (Å²) in [6.45, 7) is 4.30. The smallest absolute Gasteiger partial charge is 0.323 e. The molecule has 10 heteroatoms. The fraction of sp³-hybridized carbons (Fsp3) is 0.379. The van der Waals surface area contributed by atoms with Gasteiger partial charge in [0.25, 0.3) is 0 Å². The lowest BCUT2D eigenvalue weighted by Gasteiger charge is -2.25. The highest BCUT2D eigenvalue weighted by Gasteiger charge is 2.37. The van der Waals surface area contributed by atoms with Gasteiger partial charge in [-0.15, -0.1) is 5.10 Å².